The van der Waals surface area contributed by atoms with Crippen molar-refractivity contribution in [2.24, 2.45) is 0 Å². The maximum absolute atomic E-state index is 11.9. The normalized spacial score (nSPS) is 14.7. The van der Waals surface area contributed by atoms with E-state index in [4.69, 9.17) is 4.42 Å². The first-order valence-electron chi connectivity index (χ1n) is 7.51. The molecule has 1 aliphatic heterocycles. The molecule has 0 atom stereocenters. The lowest BCUT2D eigenvalue weighted by molar-refractivity contribution is -0.141. The minimum absolute atomic E-state index is 0.0131. The minimum atomic E-state index is -3.40. The summed E-state index contributed by atoms with van der Waals surface area (Å²) in [7, 11) is -3.40. The zero-order valence-corrected chi connectivity index (χ0v) is 14.4. The third-order valence-electron chi connectivity index (χ3n) is 3.64. The summed E-state index contributed by atoms with van der Waals surface area (Å²) < 4.78 is 28.5. The Hall–Kier alpha value is -3.08. The van der Waals surface area contributed by atoms with Crippen LogP contribution in [0.25, 0.3) is 11.5 Å². The molecular formula is C15H14N4O6S. The van der Waals surface area contributed by atoms with E-state index in [9.17, 15) is 22.8 Å². The van der Waals surface area contributed by atoms with E-state index in [-0.39, 0.29) is 29.6 Å². The average molecular weight is 378 g/mol. The molecule has 0 unspecified atom stereocenters. The molecule has 0 spiro atoms. The highest BCUT2D eigenvalue weighted by molar-refractivity contribution is 7.90. The second-order valence-corrected chi connectivity index (χ2v) is 7.65. The summed E-state index contributed by atoms with van der Waals surface area (Å²) in [6, 6.07) is 5.68. The molecule has 1 aromatic carbocycles. The Labute approximate surface area is 148 Å². The lowest BCUT2D eigenvalue weighted by Crippen LogP contribution is -2.36. The molecule has 1 fully saturated rings. The summed E-state index contributed by atoms with van der Waals surface area (Å²) in [6.07, 6.45) is 1.26. The summed E-state index contributed by atoms with van der Waals surface area (Å²) in [5.74, 6) is -1.46. The number of rotatable bonds is 5. The summed E-state index contributed by atoms with van der Waals surface area (Å²) in [4.78, 5) is 35.9. The maximum Gasteiger partial charge on any atom is 0.322 e. The Morgan fingerprint density at radius 3 is 2.58 bits per heavy atom. The first-order valence-corrected chi connectivity index (χ1v) is 9.40. The summed E-state index contributed by atoms with van der Waals surface area (Å²) in [5, 5.41) is 9.70. The van der Waals surface area contributed by atoms with Gasteiger partial charge in [0, 0.05) is 24.7 Å². The predicted octanol–water partition coefficient (Wildman–Crippen LogP) is 0.228. The van der Waals surface area contributed by atoms with E-state index in [1.165, 1.54) is 18.2 Å². The van der Waals surface area contributed by atoms with Gasteiger partial charge in [-0.05, 0) is 18.2 Å². The number of nitrogens with one attached hydrogen (secondary N) is 1. The molecule has 3 rings (SSSR count). The molecule has 0 aliphatic carbocycles. The molecule has 0 radical (unpaired) electrons. The van der Waals surface area contributed by atoms with Crippen LogP contribution in [0.15, 0.2) is 33.6 Å². The van der Waals surface area contributed by atoms with E-state index < -0.39 is 34.1 Å². The predicted molar refractivity (Wildman–Crippen MR) is 87.4 cm³/mol. The second-order valence-electron chi connectivity index (χ2n) is 5.63. The Morgan fingerprint density at radius 2 is 1.92 bits per heavy atom. The van der Waals surface area contributed by atoms with Crippen molar-refractivity contribution >= 4 is 33.6 Å². The number of hydrogen-bond acceptors (Lipinski definition) is 8. The monoisotopic (exact) mass is 378 g/mol. The number of anilines is 1. The molecule has 1 N–H and O–H groups in total. The van der Waals surface area contributed by atoms with Gasteiger partial charge in [0.1, 0.15) is 6.54 Å². The fraction of sp³-hybridized carbons (Fsp3) is 0.267. The van der Waals surface area contributed by atoms with Crippen LogP contribution in [0.3, 0.4) is 0 Å². The summed E-state index contributed by atoms with van der Waals surface area (Å²) >= 11 is 0. The van der Waals surface area contributed by atoms with Crippen molar-refractivity contribution in [3.05, 3.63) is 24.3 Å². The molecule has 1 saturated heterocycles. The van der Waals surface area contributed by atoms with Gasteiger partial charge in [0.2, 0.25) is 23.6 Å². The Bertz CT molecular complexity index is 981. The van der Waals surface area contributed by atoms with Crippen molar-refractivity contribution in [3.8, 4) is 11.5 Å². The smallest absolute Gasteiger partial charge is 0.322 e. The quantitative estimate of drug-likeness (QED) is 0.729. The number of hydrogen-bond donors (Lipinski definition) is 1. The molecule has 3 amide bonds. The number of likely N-dealkylation sites (tertiary alicyclic amines) is 1. The number of amides is 3. The molecule has 10 nitrogen and oxygen atoms in total. The molecule has 2 heterocycles. The molecular weight excluding hydrogens is 364 g/mol. The minimum Gasteiger partial charge on any atom is -0.403 e. The number of carbonyl (C=O) groups is 3. The van der Waals surface area contributed by atoms with E-state index in [0.717, 1.165) is 11.2 Å². The van der Waals surface area contributed by atoms with Crippen LogP contribution in [0.2, 0.25) is 0 Å². The summed E-state index contributed by atoms with van der Waals surface area (Å²) in [6.45, 7) is -0.432. The van der Waals surface area contributed by atoms with Crippen LogP contribution in [-0.4, -0.2) is 54.0 Å². The van der Waals surface area contributed by atoms with Crippen LogP contribution in [0.4, 0.5) is 6.01 Å². The zero-order chi connectivity index (χ0) is 18.9. The van der Waals surface area contributed by atoms with Crippen LogP contribution >= 0.6 is 0 Å². The van der Waals surface area contributed by atoms with E-state index >= 15 is 0 Å². The van der Waals surface area contributed by atoms with Crippen LogP contribution in [0.1, 0.15) is 12.8 Å². The van der Waals surface area contributed by atoms with Gasteiger partial charge in [0.15, 0.2) is 9.84 Å². The van der Waals surface area contributed by atoms with Gasteiger partial charge < -0.3 is 4.42 Å². The molecule has 0 bridgehead atoms. The molecule has 1 aliphatic rings. The number of sulfone groups is 1. The Balaban J connectivity index is 1.71. The first kappa shape index (κ1) is 17.7. The average Bonchev–Trinajstić information content (AvgIpc) is 3.16. The molecule has 0 saturated carbocycles. The Morgan fingerprint density at radius 1 is 1.23 bits per heavy atom. The van der Waals surface area contributed by atoms with Gasteiger partial charge in [-0.1, -0.05) is 11.2 Å². The Kier molecular flexibility index (Phi) is 4.55. The van der Waals surface area contributed by atoms with Crippen molar-refractivity contribution in [2.75, 3.05) is 18.1 Å². The highest BCUT2D eigenvalue weighted by Crippen LogP contribution is 2.23. The second kappa shape index (κ2) is 6.67. The van der Waals surface area contributed by atoms with Gasteiger partial charge in [-0.15, -0.1) is 5.10 Å². The molecule has 26 heavy (non-hydrogen) atoms. The fourth-order valence-electron chi connectivity index (χ4n) is 2.35. The number of aromatic nitrogens is 2. The van der Waals surface area contributed by atoms with Gasteiger partial charge in [-0.25, -0.2) is 8.42 Å². The van der Waals surface area contributed by atoms with Gasteiger partial charge in [-0.2, -0.15) is 0 Å². The van der Waals surface area contributed by atoms with E-state index in [1.54, 1.807) is 6.07 Å². The van der Waals surface area contributed by atoms with Gasteiger partial charge in [-0.3, -0.25) is 24.6 Å². The largest absolute Gasteiger partial charge is 0.403 e. The molecule has 11 heteroatoms. The lowest BCUT2D eigenvalue weighted by Gasteiger charge is -2.11. The van der Waals surface area contributed by atoms with Gasteiger partial charge in [0.05, 0.1) is 4.90 Å². The van der Waals surface area contributed by atoms with E-state index in [1.807, 2.05) is 0 Å². The van der Waals surface area contributed by atoms with Gasteiger partial charge >= 0.3 is 6.01 Å². The molecule has 136 valence electrons. The van der Waals surface area contributed by atoms with Crippen molar-refractivity contribution < 1.29 is 27.2 Å². The number of benzene rings is 1. The van der Waals surface area contributed by atoms with Crippen molar-refractivity contribution in [1.82, 2.24) is 15.1 Å². The fourth-order valence-corrected chi connectivity index (χ4v) is 3.02. The SMILES string of the molecule is CS(=O)(=O)c1cccc(-c2nnc(NC(=O)CN3C(=O)CCC3=O)o2)c1. The lowest BCUT2D eigenvalue weighted by atomic mass is 10.2. The van der Waals surface area contributed by atoms with Crippen LogP contribution in [0, 0.1) is 0 Å². The highest BCUT2D eigenvalue weighted by atomic mass is 32.2. The van der Waals surface area contributed by atoms with E-state index in [0.29, 0.717) is 5.56 Å². The standard InChI is InChI=1S/C15H14N4O6S/c1-26(23,24)10-4-2-3-9(7-10)14-17-18-15(25-14)16-11(20)8-19-12(21)5-6-13(19)22/h2-4,7H,5-6,8H2,1H3,(H,16,18,20). The zero-order valence-electron chi connectivity index (χ0n) is 13.6. The molecule has 1 aromatic heterocycles. The number of imide groups is 1. The third-order valence-corrected chi connectivity index (χ3v) is 4.75. The highest BCUT2D eigenvalue weighted by Gasteiger charge is 2.30. The van der Waals surface area contributed by atoms with Crippen LogP contribution in [-0.2, 0) is 24.2 Å². The van der Waals surface area contributed by atoms with Crippen LogP contribution < -0.4 is 5.32 Å². The molecule has 2 aromatic rings. The topological polar surface area (TPSA) is 140 Å². The van der Waals surface area contributed by atoms with Gasteiger partial charge in [0.25, 0.3) is 0 Å². The maximum atomic E-state index is 11.9. The first-order chi connectivity index (χ1) is 12.2. The van der Waals surface area contributed by atoms with Crippen molar-refractivity contribution in [3.63, 3.8) is 0 Å². The van der Waals surface area contributed by atoms with Crippen molar-refractivity contribution in [1.29, 1.82) is 0 Å². The van der Waals surface area contributed by atoms with Crippen LogP contribution in [0.5, 0.6) is 0 Å². The third kappa shape index (κ3) is 3.77. The van der Waals surface area contributed by atoms with Crippen molar-refractivity contribution in [2.45, 2.75) is 17.7 Å². The number of carbonyl (C=O) groups excluding carboxylic acids is 3. The number of nitrogens with zero attached hydrogens (tertiary/aromatic N) is 3. The summed E-state index contributed by atoms with van der Waals surface area (Å²) in [5.41, 5.74) is 0.367. The van der Waals surface area contributed by atoms with E-state index in [2.05, 4.69) is 15.5 Å².